The minimum Gasteiger partial charge on any atom is -0.391 e. The lowest BCUT2D eigenvalue weighted by Gasteiger charge is -2.22. The average Bonchev–Trinajstić information content (AvgIpc) is 2.27. The van der Waals surface area contributed by atoms with E-state index in [9.17, 15) is 9.90 Å². The molecule has 1 aromatic carbocycles. The molecule has 0 saturated heterocycles. The van der Waals surface area contributed by atoms with E-state index in [1.54, 1.807) is 18.2 Å². The zero-order valence-corrected chi connectivity index (χ0v) is 13.7. The Bertz CT molecular complexity index is 457. The third kappa shape index (κ3) is 5.51. The molecule has 0 fully saturated rings. The third-order valence-electron chi connectivity index (χ3n) is 2.54. The summed E-state index contributed by atoms with van der Waals surface area (Å²) in [6.45, 7) is 6.36. The van der Waals surface area contributed by atoms with Gasteiger partial charge in [0, 0.05) is 11.0 Å². The molecule has 0 saturated carbocycles. The van der Waals surface area contributed by atoms with Crippen molar-refractivity contribution in [1.29, 1.82) is 0 Å². The molecule has 19 heavy (non-hydrogen) atoms. The van der Waals surface area contributed by atoms with Gasteiger partial charge in [0.05, 0.1) is 16.7 Å². The quantitative estimate of drug-likeness (QED) is 0.873. The van der Waals surface area contributed by atoms with Crippen molar-refractivity contribution in [3.8, 4) is 0 Å². The Balaban J connectivity index is 2.59. The first-order chi connectivity index (χ1) is 8.70. The number of aliphatic hydroxyl groups excluding tert-OH is 1. The van der Waals surface area contributed by atoms with Crippen molar-refractivity contribution in [3.05, 3.63) is 33.3 Å². The number of rotatable bonds is 4. The summed E-state index contributed by atoms with van der Waals surface area (Å²) in [6.07, 6.45) is 0.0642. The molecule has 0 aliphatic carbocycles. The maximum Gasteiger partial charge on any atom is 0.252 e. The summed E-state index contributed by atoms with van der Waals surface area (Å²) in [5.41, 5.74) is 0.427. The number of benzene rings is 1. The fraction of sp³-hybridized carbons (Fsp3) is 0.500. The molecule has 1 rings (SSSR count). The first-order valence-corrected chi connectivity index (χ1v) is 7.28. The van der Waals surface area contributed by atoms with Gasteiger partial charge in [0.25, 0.3) is 5.91 Å². The van der Waals surface area contributed by atoms with E-state index >= 15 is 0 Å². The molecule has 0 aliphatic rings. The van der Waals surface area contributed by atoms with Crippen molar-refractivity contribution in [2.45, 2.75) is 33.3 Å². The summed E-state index contributed by atoms with van der Waals surface area (Å²) in [7, 11) is 0. The van der Waals surface area contributed by atoms with Crippen LogP contribution in [0.4, 0.5) is 0 Å². The maximum atomic E-state index is 12.0. The van der Waals surface area contributed by atoms with Crippen LogP contribution in [0.1, 0.15) is 37.6 Å². The van der Waals surface area contributed by atoms with Gasteiger partial charge in [-0.05, 0) is 39.9 Å². The molecule has 1 unspecified atom stereocenters. The monoisotopic (exact) mass is 347 g/mol. The second-order valence-corrected chi connectivity index (χ2v) is 6.96. The normalized spacial score (nSPS) is 13.2. The van der Waals surface area contributed by atoms with Crippen molar-refractivity contribution in [1.82, 2.24) is 5.32 Å². The Morgan fingerprint density at radius 1 is 1.47 bits per heavy atom. The minimum atomic E-state index is -0.560. The smallest absolute Gasteiger partial charge is 0.252 e. The van der Waals surface area contributed by atoms with E-state index in [0.717, 1.165) is 0 Å². The van der Waals surface area contributed by atoms with Crippen molar-refractivity contribution >= 4 is 33.4 Å². The zero-order valence-electron chi connectivity index (χ0n) is 11.3. The van der Waals surface area contributed by atoms with Crippen LogP contribution in [-0.4, -0.2) is 23.7 Å². The van der Waals surface area contributed by atoms with Crippen LogP contribution in [0.15, 0.2) is 22.7 Å². The van der Waals surface area contributed by atoms with Gasteiger partial charge in [-0.15, -0.1) is 0 Å². The molecule has 1 amide bonds. The second kappa shape index (κ2) is 6.73. The van der Waals surface area contributed by atoms with Gasteiger partial charge in [-0.1, -0.05) is 38.4 Å². The Morgan fingerprint density at radius 2 is 2.11 bits per heavy atom. The summed E-state index contributed by atoms with van der Waals surface area (Å²) >= 11 is 9.31. The number of halogens is 2. The van der Waals surface area contributed by atoms with Crippen molar-refractivity contribution < 1.29 is 9.90 Å². The largest absolute Gasteiger partial charge is 0.391 e. The highest BCUT2D eigenvalue weighted by atomic mass is 79.9. The van der Waals surface area contributed by atoms with E-state index in [0.29, 0.717) is 21.5 Å². The van der Waals surface area contributed by atoms with Crippen LogP contribution in [0.2, 0.25) is 5.02 Å². The van der Waals surface area contributed by atoms with Gasteiger partial charge in [-0.2, -0.15) is 0 Å². The summed E-state index contributed by atoms with van der Waals surface area (Å²) in [5.74, 6) is -0.278. The Morgan fingerprint density at radius 3 is 2.68 bits per heavy atom. The third-order valence-corrected chi connectivity index (χ3v) is 3.84. The van der Waals surface area contributed by atoms with Gasteiger partial charge in [-0.25, -0.2) is 0 Å². The van der Waals surface area contributed by atoms with E-state index in [1.807, 2.05) is 20.8 Å². The number of aliphatic hydroxyl groups is 1. The molecule has 0 heterocycles. The Hall–Kier alpha value is -0.580. The van der Waals surface area contributed by atoms with Crippen LogP contribution >= 0.6 is 27.5 Å². The van der Waals surface area contributed by atoms with Crippen LogP contribution in [0.25, 0.3) is 0 Å². The summed E-state index contributed by atoms with van der Waals surface area (Å²) in [5, 5.41) is 12.9. The lowest BCUT2D eigenvalue weighted by molar-refractivity contribution is 0.0868. The molecule has 0 aromatic heterocycles. The maximum absolute atomic E-state index is 12.0. The molecule has 106 valence electrons. The van der Waals surface area contributed by atoms with E-state index in [4.69, 9.17) is 11.6 Å². The van der Waals surface area contributed by atoms with Gasteiger partial charge in [0.2, 0.25) is 0 Å². The topological polar surface area (TPSA) is 49.3 Å². The number of nitrogens with one attached hydrogen (secondary N) is 1. The highest BCUT2D eigenvalue weighted by Gasteiger charge is 2.18. The molecular formula is C14H19BrClNO2. The predicted octanol–water partition coefficient (Wildman–Crippen LogP) is 3.63. The van der Waals surface area contributed by atoms with Gasteiger partial charge >= 0.3 is 0 Å². The highest BCUT2D eigenvalue weighted by Crippen LogP contribution is 2.26. The molecule has 1 atom stereocenters. The highest BCUT2D eigenvalue weighted by molar-refractivity contribution is 9.10. The van der Waals surface area contributed by atoms with E-state index in [-0.39, 0.29) is 17.9 Å². The summed E-state index contributed by atoms with van der Waals surface area (Å²) in [4.78, 5) is 12.0. The number of hydrogen-bond acceptors (Lipinski definition) is 2. The molecule has 2 N–H and O–H groups in total. The fourth-order valence-electron chi connectivity index (χ4n) is 1.76. The van der Waals surface area contributed by atoms with E-state index in [1.165, 1.54) is 0 Å². The van der Waals surface area contributed by atoms with Crippen molar-refractivity contribution in [2.75, 3.05) is 6.54 Å². The molecule has 0 spiro atoms. The average molecular weight is 349 g/mol. The lowest BCUT2D eigenvalue weighted by atomic mass is 9.89. The standard InChI is InChI=1S/C14H19BrClNO2/c1-14(2,3)7-9(18)8-17-13(19)10-5-4-6-11(15)12(10)16/h4-6,9,18H,7-8H2,1-3H3,(H,17,19). The number of hydrogen-bond donors (Lipinski definition) is 2. The Kier molecular flexibility index (Phi) is 5.83. The van der Waals surface area contributed by atoms with E-state index < -0.39 is 6.10 Å². The first-order valence-electron chi connectivity index (χ1n) is 6.11. The summed E-state index contributed by atoms with van der Waals surface area (Å²) in [6, 6.07) is 5.17. The first kappa shape index (κ1) is 16.5. The van der Waals surface area contributed by atoms with Crippen molar-refractivity contribution in [2.24, 2.45) is 5.41 Å². The van der Waals surface area contributed by atoms with Crippen molar-refractivity contribution in [3.63, 3.8) is 0 Å². The minimum absolute atomic E-state index is 0.0254. The van der Waals surface area contributed by atoms with Crippen LogP contribution in [0.5, 0.6) is 0 Å². The number of carbonyl (C=O) groups is 1. The van der Waals surface area contributed by atoms with E-state index in [2.05, 4.69) is 21.2 Å². The summed E-state index contributed by atoms with van der Waals surface area (Å²) < 4.78 is 0.678. The number of amides is 1. The molecule has 0 bridgehead atoms. The number of carbonyl (C=O) groups excluding carboxylic acids is 1. The Labute approximate surface area is 127 Å². The molecule has 0 aliphatic heterocycles. The lowest BCUT2D eigenvalue weighted by Crippen LogP contribution is -2.34. The zero-order chi connectivity index (χ0) is 14.6. The predicted molar refractivity (Wildman–Crippen MR) is 81.6 cm³/mol. The van der Waals surface area contributed by atoms with Crippen LogP contribution < -0.4 is 5.32 Å². The fourth-order valence-corrected chi connectivity index (χ4v) is 2.34. The molecule has 3 nitrogen and oxygen atoms in total. The van der Waals surface area contributed by atoms with Gasteiger partial charge in [-0.3, -0.25) is 4.79 Å². The SMILES string of the molecule is CC(C)(C)CC(O)CNC(=O)c1cccc(Br)c1Cl. The molecule has 0 radical (unpaired) electrons. The second-order valence-electron chi connectivity index (χ2n) is 5.73. The molecular weight excluding hydrogens is 330 g/mol. The molecule has 1 aromatic rings. The van der Waals surface area contributed by atoms with Crippen LogP contribution in [0, 0.1) is 5.41 Å². The molecule has 5 heteroatoms. The van der Waals surface area contributed by atoms with Crippen LogP contribution in [-0.2, 0) is 0 Å². The van der Waals surface area contributed by atoms with Gasteiger partial charge in [0.15, 0.2) is 0 Å². The van der Waals surface area contributed by atoms with Gasteiger partial charge < -0.3 is 10.4 Å². The van der Waals surface area contributed by atoms with Crippen LogP contribution in [0.3, 0.4) is 0 Å². The van der Waals surface area contributed by atoms with Gasteiger partial charge in [0.1, 0.15) is 0 Å².